The normalized spacial score (nSPS) is 11.8. The highest BCUT2D eigenvalue weighted by atomic mass is 79.9. The summed E-state index contributed by atoms with van der Waals surface area (Å²) < 4.78 is 0.872. The van der Waals surface area contributed by atoms with Crippen molar-refractivity contribution in [2.75, 3.05) is 13.1 Å². The van der Waals surface area contributed by atoms with Crippen LogP contribution in [0.2, 0.25) is 0 Å². The first-order valence-corrected chi connectivity index (χ1v) is 8.68. The van der Waals surface area contributed by atoms with E-state index in [4.69, 9.17) is 0 Å². The largest absolute Gasteiger partial charge is 0.352 e. The molecule has 1 rings (SSSR count). The Labute approximate surface area is 151 Å². The second-order valence-electron chi connectivity index (χ2n) is 5.78. The topological polar surface area (TPSA) is 78.5 Å². The van der Waals surface area contributed by atoms with E-state index in [0.29, 0.717) is 12.1 Å². The van der Waals surface area contributed by atoms with E-state index in [2.05, 4.69) is 26.6 Å². The molecule has 0 aliphatic rings. The Morgan fingerprint density at radius 2 is 1.67 bits per heavy atom. The van der Waals surface area contributed by atoms with Crippen molar-refractivity contribution in [2.45, 2.75) is 39.8 Å². The highest BCUT2D eigenvalue weighted by molar-refractivity contribution is 9.10. The van der Waals surface area contributed by atoms with Gasteiger partial charge < -0.3 is 15.5 Å². The lowest BCUT2D eigenvalue weighted by Crippen LogP contribution is -2.50. The van der Waals surface area contributed by atoms with Gasteiger partial charge in [0.2, 0.25) is 11.8 Å². The van der Waals surface area contributed by atoms with Crippen LogP contribution in [0.4, 0.5) is 0 Å². The zero-order chi connectivity index (χ0) is 18.3. The van der Waals surface area contributed by atoms with Crippen molar-refractivity contribution in [3.05, 3.63) is 34.3 Å². The molecule has 6 nitrogen and oxygen atoms in total. The molecule has 0 radical (unpaired) electrons. The predicted molar refractivity (Wildman–Crippen MR) is 96.6 cm³/mol. The third-order valence-corrected chi connectivity index (χ3v) is 3.83. The maximum Gasteiger partial charge on any atom is 0.251 e. The summed E-state index contributed by atoms with van der Waals surface area (Å²) in [6.07, 6.45) is 0. The molecule has 1 atom stereocenters. The van der Waals surface area contributed by atoms with Crippen LogP contribution in [0.15, 0.2) is 28.7 Å². The molecule has 7 heteroatoms. The summed E-state index contributed by atoms with van der Waals surface area (Å²) >= 11 is 3.31. The number of hydrogen-bond donors (Lipinski definition) is 2. The number of carbonyl (C=O) groups excluding carboxylic acids is 3. The van der Waals surface area contributed by atoms with E-state index >= 15 is 0 Å². The number of benzene rings is 1. The fourth-order valence-electron chi connectivity index (χ4n) is 2.10. The predicted octanol–water partition coefficient (Wildman–Crippen LogP) is 1.94. The minimum atomic E-state index is -0.715. The van der Waals surface area contributed by atoms with Crippen molar-refractivity contribution >= 4 is 33.7 Å². The minimum absolute atomic E-state index is 0.0147. The van der Waals surface area contributed by atoms with Crippen LogP contribution in [-0.4, -0.2) is 47.8 Å². The summed E-state index contributed by atoms with van der Waals surface area (Å²) in [5, 5.41) is 5.42. The van der Waals surface area contributed by atoms with Crippen LogP contribution in [0.3, 0.4) is 0 Å². The maximum atomic E-state index is 12.4. The SMILES string of the molecule is CCN(CC(=O)NC(C)C)C(=O)[C@H](C)NC(=O)c1ccc(Br)cc1. The van der Waals surface area contributed by atoms with Crippen LogP contribution in [0.5, 0.6) is 0 Å². The van der Waals surface area contributed by atoms with Gasteiger partial charge in [0.05, 0.1) is 6.54 Å². The van der Waals surface area contributed by atoms with Crippen molar-refractivity contribution in [3.63, 3.8) is 0 Å². The fraction of sp³-hybridized carbons (Fsp3) is 0.471. The molecular formula is C17H24BrN3O3. The smallest absolute Gasteiger partial charge is 0.251 e. The molecule has 3 amide bonds. The van der Waals surface area contributed by atoms with Gasteiger partial charge in [-0.3, -0.25) is 14.4 Å². The quantitative estimate of drug-likeness (QED) is 0.737. The summed E-state index contributed by atoms with van der Waals surface area (Å²) in [6.45, 7) is 7.49. The molecule has 0 aliphatic carbocycles. The van der Waals surface area contributed by atoms with Crippen molar-refractivity contribution < 1.29 is 14.4 Å². The van der Waals surface area contributed by atoms with Crippen LogP contribution in [-0.2, 0) is 9.59 Å². The highest BCUT2D eigenvalue weighted by Crippen LogP contribution is 2.10. The van der Waals surface area contributed by atoms with Crippen LogP contribution in [0.1, 0.15) is 38.1 Å². The zero-order valence-corrected chi connectivity index (χ0v) is 16.0. The maximum absolute atomic E-state index is 12.4. The van der Waals surface area contributed by atoms with Crippen molar-refractivity contribution in [1.29, 1.82) is 0 Å². The first kappa shape index (κ1) is 20.2. The number of rotatable bonds is 7. The molecule has 0 heterocycles. The second-order valence-corrected chi connectivity index (χ2v) is 6.69. The molecule has 1 aromatic rings. The third-order valence-electron chi connectivity index (χ3n) is 3.30. The fourth-order valence-corrected chi connectivity index (χ4v) is 2.37. The van der Waals surface area contributed by atoms with Crippen LogP contribution < -0.4 is 10.6 Å². The molecule has 0 saturated carbocycles. The van der Waals surface area contributed by atoms with Gasteiger partial charge >= 0.3 is 0 Å². The van der Waals surface area contributed by atoms with Crippen LogP contribution >= 0.6 is 15.9 Å². The lowest BCUT2D eigenvalue weighted by Gasteiger charge is -2.25. The monoisotopic (exact) mass is 397 g/mol. The van der Waals surface area contributed by atoms with E-state index in [1.165, 1.54) is 4.90 Å². The van der Waals surface area contributed by atoms with Crippen LogP contribution in [0, 0.1) is 0 Å². The average Bonchev–Trinajstić information content (AvgIpc) is 2.51. The Morgan fingerprint density at radius 1 is 1.08 bits per heavy atom. The lowest BCUT2D eigenvalue weighted by molar-refractivity contribution is -0.137. The number of halogens is 1. The summed E-state index contributed by atoms with van der Waals surface area (Å²) in [4.78, 5) is 37.9. The Morgan fingerprint density at radius 3 is 2.17 bits per heavy atom. The van der Waals surface area contributed by atoms with E-state index in [1.807, 2.05) is 13.8 Å². The summed E-state index contributed by atoms with van der Waals surface area (Å²) in [5.41, 5.74) is 0.471. The molecule has 24 heavy (non-hydrogen) atoms. The molecule has 0 bridgehead atoms. The van der Waals surface area contributed by atoms with Crippen molar-refractivity contribution in [1.82, 2.24) is 15.5 Å². The van der Waals surface area contributed by atoms with Gasteiger partial charge in [-0.2, -0.15) is 0 Å². The molecule has 1 aromatic carbocycles. The van der Waals surface area contributed by atoms with Gasteiger partial charge in [-0.25, -0.2) is 0 Å². The number of amides is 3. The van der Waals surface area contributed by atoms with Gasteiger partial charge in [0.1, 0.15) is 6.04 Å². The Hall–Kier alpha value is -1.89. The molecule has 0 aliphatic heterocycles. The van der Waals surface area contributed by atoms with E-state index in [1.54, 1.807) is 38.1 Å². The van der Waals surface area contributed by atoms with Gasteiger partial charge in [-0.05, 0) is 52.0 Å². The standard InChI is InChI=1S/C17H24BrN3O3/c1-5-21(10-15(22)19-11(2)3)17(24)12(4)20-16(23)13-6-8-14(18)9-7-13/h6-9,11-12H,5,10H2,1-4H3,(H,19,22)(H,20,23)/t12-/m0/s1. The number of nitrogens with zero attached hydrogens (tertiary/aromatic N) is 1. The van der Waals surface area contributed by atoms with E-state index in [0.717, 1.165) is 4.47 Å². The number of hydrogen-bond acceptors (Lipinski definition) is 3. The Balaban J connectivity index is 2.65. The number of carbonyl (C=O) groups is 3. The van der Waals surface area contributed by atoms with Gasteiger partial charge in [0.25, 0.3) is 5.91 Å². The lowest BCUT2D eigenvalue weighted by atomic mass is 10.2. The summed E-state index contributed by atoms with van der Waals surface area (Å²) in [5.74, 6) is -0.834. The van der Waals surface area contributed by atoms with Gasteiger partial charge in [-0.1, -0.05) is 15.9 Å². The third kappa shape index (κ3) is 6.31. The Bertz CT molecular complexity index is 587. The summed E-state index contributed by atoms with van der Waals surface area (Å²) in [7, 11) is 0. The van der Waals surface area contributed by atoms with Crippen LogP contribution in [0.25, 0.3) is 0 Å². The van der Waals surface area contributed by atoms with Gasteiger partial charge in [0.15, 0.2) is 0 Å². The number of nitrogens with one attached hydrogen (secondary N) is 2. The van der Waals surface area contributed by atoms with Gasteiger partial charge in [-0.15, -0.1) is 0 Å². The van der Waals surface area contributed by atoms with Crippen molar-refractivity contribution in [2.24, 2.45) is 0 Å². The molecule has 0 aromatic heterocycles. The molecular weight excluding hydrogens is 374 g/mol. The average molecular weight is 398 g/mol. The molecule has 0 fully saturated rings. The molecule has 0 unspecified atom stereocenters. The molecule has 2 N–H and O–H groups in total. The molecule has 132 valence electrons. The minimum Gasteiger partial charge on any atom is -0.352 e. The summed E-state index contributed by atoms with van der Waals surface area (Å²) in [6, 6.07) is 6.16. The number of likely N-dealkylation sites (N-methyl/N-ethyl adjacent to an activating group) is 1. The van der Waals surface area contributed by atoms with Crippen molar-refractivity contribution in [3.8, 4) is 0 Å². The van der Waals surface area contributed by atoms with E-state index in [9.17, 15) is 14.4 Å². The molecule has 0 spiro atoms. The first-order chi connectivity index (χ1) is 11.2. The molecule has 0 saturated heterocycles. The Kier molecular flexibility index (Phi) is 7.91. The second kappa shape index (κ2) is 9.42. The van der Waals surface area contributed by atoms with Gasteiger partial charge in [0, 0.05) is 22.6 Å². The zero-order valence-electron chi connectivity index (χ0n) is 14.4. The first-order valence-electron chi connectivity index (χ1n) is 7.89. The highest BCUT2D eigenvalue weighted by Gasteiger charge is 2.23. The van der Waals surface area contributed by atoms with E-state index < -0.39 is 6.04 Å². The van der Waals surface area contributed by atoms with E-state index in [-0.39, 0.29) is 30.3 Å².